The summed E-state index contributed by atoms with van der Waals surface area (Å²) in [5, 5.41) is 10.3. The molecule has 0 aliphatic heterocycles. The molecule has 4 heterocycles. The first-order valence-electron chi connectivity index (χ1n) is 13.0. The number of hydrogen-bond donors (Lipinski definition) is 4. The van der Waals surface area contributed by atoms with Crippen LogP contribution in [0.15, 0.2) is 67.0 Å². The monoisotopic (exact) mass is 584 g/mol. The number of halogens is 1. The molecule has 0 fully saturated rings. The number of hydrogen-bond acceptors (Lipinski definition) is 7. The van der Waals surface area contributed by atoms with Gasteiger partial charge >= 0.3 is 0 Å². The van der Waals surface area contributed by atoms with E-state index in [1.807, 2.05) is 30.3 Å². The predicted octanol–water partition coefficient (Wildman–Crippen LogP) is 4.77. The molecule has 6 aromatic rings. The summed E-state index contributed by atoms with van der Waals surface area (Å²) in [4.78, 5) is 29.0. The molecule has 0 unspecified atom stereocenters. The SMILES string of the molecule is CCC(=O)Nc1cncc(-c2ccc3[nH]nc(-c4nc5c(-c6cc(F)cc(CNS(C)(=O)=O)c6)cccc5[nH]4)c3n2)c1. The van der Waals surface area contributed by atoms with Gasteiger partial charge in [-0.2, -0.15) is 5.10 Å². The standard InChI is InChI=1S/C29H25FN8O3S/c1-3-25(39)33-20-12-18(14-31-15-20)22-7-8-24-27(34-22)28(38-37-24)29-35-23-6-4-5-21(26(23)36-29)17-9-16(10-19(30)11-17)13-32-42(2,40)41/h4-12,14-15,32H,3,13H2,1-2H3,(H,33,39)(H,35,36)(H,37,38). The lowest BCUT2D eigenvalue weighted by atomic mass is 10.0. The van der Waals surface area contributed by atoms with Crippen molar-refractivity contribution in [1.29, 1.82) is 0 Å². The van der Waals surface area contributed by atoms with E-state index in [0.717, 1.165) is 11.8 Å². The summed E-state index contributed by atoms with van der Waals surface area (Å²) in [6.45, 7) is 1.74. The van der Waals surface area contributed by atoms with Crippen LogP contribution in [-0.2, 0) is 21.4 Å². The summed E-state index contributed by atoms with van der Waals surface area (Å²) in [7, 11) is -3.44. The van der Waals surface area contributed by atoms with Crippen LogP contribution >= 0.6 is 0 Å². The zero-order valence-electron chi connectivity index (χ0n) is 22.6. The van der Waals surface area contributed by atoms with Gasteiger partial charge in [-0.3, -0.25) is 14.9 Å². The largest absolute Gasteiger partial charge is 0.336 e. The summed E-state index contributed by atoms with van der Waals surface area (Å²) in [5.74, 6) is -0.141. The number of amides is 1. The number of nitrogens with one attached hydrogen (secondary N) is 4. The lowest BCUT2D eigenvalue weighted by Gasteiger charge is -2.08. The Hall–Kier alpha value is -5.01. The third kappa shape index (κ3) is 5.60. The number of sulfonamides is 1. The molecule has 212 valence electrons. The Kier molecular flexibility index (Phi) is 6.96. The molecule has 0 radical (unpaired) electrons. The maximum Gasteiger partial charge on any atom is 0.224 e. The third-order valence-electron chi connectivity index (χ3n) is 6.59. The molecule has 2 aromatic carbocycles. The second kappa shape index (κ2) is 10.8. The fraction of sp³-hybridized carbons (Fsp3) is 0.138. The number of para-hydroxylation sites is 1. The van der Waals surface area contributed by atoms with Gasteiger partial charge in [-0.25, -0.2) is 27.5 Å². The molecule has 0 spiro atoms. The van der Waals surface area contributed by atoms with Crippen molar-refractivity contribution in [1.82, 2.24) is 34.9 Å². The first-order chi connectivity index (χ1) is 20.2. The van der Waals surface area contributed by atoms with Gasteiger partial charge in [0.05, 0.1) is 40.4 Å². The molecule has 0 bridgehead atoms. The second-order valence-corrected chi connectivity index (χ2v) is 11.6. The van der Waals surface area contributed by atoms with Crippen LogP contribution in [0.2, 0.25) is 0 Å². The molecule has 0 saturated carbocycles. The lowest BCUT2D eigenvalue weighted by molar-refractivity contribution is -0.115. The average Bonchev–Trinajstić information content (AvgIpc) is 3.59. The number of carbonyl (C=O) groups excluding carboxylic acids is 1. The first kappa shape index (κ1) is 27.2. The van der Waals surface area contributed by atoms with Crippen LogP contribution in [0.3, 0.4) is 0 Å². The molecule has 0 saturated heterocycles. The van der Waals surface area contributed by atoms with E-state index in [9.17, 15) is 17.6 Å². The number of aromatic amines is 2. The molecule has 0 aliphatic rings. The molecular weight excluding hydrogens is 559 g/mol. The minimum atomic E-state index is -3.44. The van der Waals surface area contributed by atoms with Crippen LogP contribution in [0.5, 0.6) is 0 Å². The number of nitrogens with zero attached hydrogens (tertiary/aromatic N) is 4. The highest BCUT2D eigenvalue weighted by atomic mass is 32.2. The number of fused-ring (bicyclic) bond motifs is 2. The van der Waals surface area contributed by atoms with E-state index in [1.165, 1.54) is 12.1 Å². The van der Waals surface area contributed by atoms with Crippen molar-refractivity contribution < 1.29 is 17.6 Å². The Balaban J connectivity index is 1.39. The molecule has 1 amide bonds. The maximum atomic E-state index is 14.6. The van der Waals surface area contributed by atoms with E-state index in [2.05, 4.69) is 30.2 Å². The zero-order chi connectivity index (χ0) is 29.4. The second-order valence-electron chi connectivity index (χ2n) is 9.76. The van der Waals surface area contributed by atoms with Crippen molar-refractivity contribution in [2.75, 3.05) is 11.6 Å². The van der Waals surface area contributed by atoms with Crippen LogP contribution in [0, 0.1) is 5.82 Å². The molecule has 4 N–H and O–H groups in total. The molecule has 42 heavy (non-hydrogen) atoms. The van der Waals surface area contributed by atoms with Gasteiger partial charge in [0.2, 0.25) is 15.9 Å². The van der Waals surface area contributed by atoms with Crippen molar-refractivity contribution in [2.24, 2.45) is 0 Å². The maximum absolute atomic E-state index is 14.6. The Morgan fingerprint density at radius 1 is 0.976 bits per heavy atom. The van der Waals surface area contributed by atoms with E-state index in [0.29, 0.717) is 68.1 Å². The number of H-pyrrole nitrogens is 2. The summed E-state index contributed by atoms with van der Waals surface area (Å²) >= 11 is 0. The summed E-state index contributed by atoms with van der Waals surface area (Å²) in [5.41, 5.74) is 6.71. The number of aromatic nitrogens is 6. The molecule has 4 aromatic heterocycles. The van der Waals surface area contributed by atoms with Crippen molar-refractivity contribution in [3.8, 4) is 33.9 Å². The van der Waals surface area contributed by atoms with Crippen LogP contribution in [0.1, 0.15) is 18.9 Å². The van der Waals surface area contributed by atoms with Crippen molar-refractivity contribution in [3.63, 3.8) is 0 Å². The van der Waals surface area contributed by atoms with Gasteiger partial charge in [0.1, 0.15) is 11.3 Å². The normalized spacial score (nSPS) is 11.8. The molecule has 0 atom stereocenters. The first-order valence-corrected chi connectivity index (χ1v) is 14.9. The Bertz CT molecular complexity index is 2090. The highest BCUT2D eigenvalue weighted by molar-refractivity contribution is 7.88. The quantitative estimate of drug-likeness (QED) is 0.201. The van der Waals surface area contributed by atoms with Gasteiger partial charge in [-0.05, 0) is 53.6 Å². The molecule has 6 rings (SSSR count). The number of benzene rings is 2. The van der Waals surface area contributed by atoms with Crippen molar-refractivity contribution in [2.45, 2.75) is 19.9 Å². The zero-order valence-corrected chi connectivity index (χ0v) is 23.4. The fourth-order valence-electron chi connectivity index (χ4n) is 4.62. The van der Waals surface area contributed by atoms with E-state index < -0.39 is 15.8 Å². The van der Waals surface area contributed by atoms with Crippen LogP contribution in [-0.4, -0.2) is 50.7 Å². The van der Waals surface area contributed by atoms with Gasteiger partial charge in [0.15, 0.2) is 11.5 Å². The van der Waals surface area contributed by atoms with Crippen LogP contribution in [0.25, 0.3) is 56.0 Å². The number of imidazole rings is 1. The smallest absolute Gasteiger partial charge is 0.224 e. The minimum absolute atomic E-state index is 0.0396. The number of anilines is 1. The predicted molar refractivity (Wildman–Crippen MR) is 158 cm³/mol. The summed E-state index contributed by atoms with van der Waals surface area (Å²) in [6, 6.07) is 15.4. The van der Waals surface area contributed by atoms with E-state index in [4.69, 9.17) is 9.97 Å². The Morgan fingerprint density at radius 3 is 2.64 bits per heavy atom. The van der Waals surface area contributed by atoms with Crippen LogP contribution < -0.4 is 10.0 Å². The van der Waals surface area contributed by atoms with E-state index in [-0.39, 0.29) is 12.5 Å². The van der Waals surface area contributed by atoms with Gasteiger partial charge in [0, 0.05) is 30.3 Å². The molecule has 0 aliphatic carbocycles. The number of pyridine rings is 2. The topological polar surface area (TPSA) is 158 Å². The fourth-order valence-corrected chi connectivity index (χ4v) is 5.05. The van der Waals surface area contributed by atoms with E-state index >= 15 is 0 Å². The van der Waals surface area contributed by atoms with Gasteiger partial charge in [-0.1, -0.05) is 19.1 Å². The van der Waals surface area contributed by atoms with Gasteiger partial charge < -0.3 is 10.3 Å². The Labute approximate surface area is 239 Å². The highest BCUT2D eigenvalue weighted by Crippen LogP contribution is 2.33. The van der Waals surface area contributed by atoms with Gasteiger partial charge in [0.25, 0.3) is 0 Å². The molecule has 11 nitrogen and oxygen atoms in total. The molecular formula is C29H25FN8O3S. The highest BCUT2D eigenvalue weighted by Gasteiger charge is 2.18. The summed E-state index contributed by atoms with van der Waals surface area (Å²) in [6.07, 6.45) is 4.65. The molecule has 13 heteroatoms. The van der Waals surface area contributed by atoms with Crippen LogP contribution in [0.4, 0.5) is 10.1 Å². The summed E-state index contributed by atoms with van der Waals surface area (Å²) < 4.78 is 40.0. The van der Waals surface area contributed by atoms with Crippen molar-refractivity contribution in [3.05, 3.63) is 78.4 Å². The van der Waals surface area contributed by atoms with Crippen molar-refractivity contribution >= 4 is 43.7 Å². The average molecular weight is 585 g/mol. The third-order valence-corrected chi connectivity index (χ3v) is 7.26. The number of carbonyl (C=O) groups is 1. The minimum Gasteiger partial charge on any atom is -0.336 e. The van der Waals surface area contributed by atoms with Gasteiger partial charge in [-0.15, -0.1) is 0 Å². The Morgan fingerprint density at radius 2 is 1.83 bits per heavy atom. The number of rotatable bonds is 8. The van der Waals surface area contributed by atoms with E-state index in [1.54, 1.807) is 31.5 Å². The lowest BCUT2D eigenvalue weighted by Crippen LogP contribution is -2.21.